The molecule has 0 saturated heterocycles. The van der Waals surface area contributed by atoms with E-state index in [0.717, 1.165) is 12.1 Å². The molecule has 0 N–H and O–H groups in total. The van der Waals surface area contributed by atoms with Crippen molar-refractivity contribution in [3.8, 4) is 0 Å². The first kappa shape index (κ1) is 10.6. The lowest BCUT2D eigenvalue weighted by Gasteiger charge is -2.05. The molecule has 0 aliphatic rings. The topological polar surface area (TPSA) is 21.6 Å². The van der Waals surface area contributed by atoms with Crippen molar-refractivity contribution in [2.45, 2.75) is 6.18 Å². The number of nitrogens with zero attached hydrogens (tertiary/aromatic N) is 1. The molecule has 1 rings (SSSR count). The molecule has 5 heteroatoms. The lowest BCUT2D eigenvalue weighted by Crippen LogP contribution is -2.04. The molecule has 2 nitrogen and oxygen atoms in total. The zero-order valence-electron chi connectivity index (χ0n) is 7.38. The van der Waals surface area contributed by atoms with Gasteiger partial charge in [0.2, 0.25) is 0 Å². The Kier molecular flexibility index (Phi) is 3.11. The lowest BCUT2D eigenvalue weighted by molar-refractivity contribution is -0.137. The summed E-state index contributed by atoms with van der Waals surface area (Å²) in [4.78, 5) is 4.39. The fourth-order valence-corrected chi connectivity index (χ4v) is 0.872. The van der Waals surface area contributed by atoms with E-state index in [0.29, 0.717) is 5.56 Å². The van der Waals surface area contributed by atoms with E-state index in [9.17, 15) is 13.2 Å². The molecule has 76 valence electrons. The second-order valence-corrected chi connectivity index (χ2v) is 2.54. The largest absolute Gasteiger partial charge is 0.416 e. The van der Waals surface area contributed by atoms with Gasteiger partial charge in [0, 0.05) is 0 Å². The van der Waals surface area contributed by atoms with E-state index in [1.54, 1.807) is 0 Å². The molecule has 0 atom stereocenters. The zero-order chi connectivity index (χ0) is 10.6. The number of benzene rings is 1. The molecule has 1 aromatic carbocycles. The van der Waals surface area contributed by atoms with Crippen LogP contribution in [0.2, 0.25) is 0 Å². The molecule has 0 aliphatic heterocycles. The molecule has 0 aromatic heterocycles. The second kappa shape index (κ2) is 4.13. The SMILES string of the molecule is CO/N=C/c1ccc(C(F)(F)F)cc1. The first-order valence-corrected chi connectivity index (χ1v) is 3.78. The molecule has 1 aromatic rings. The normalized spacial score (nSPS) is 12.0. The molecule has 0 saturated carbocycles. The van der Waals surface area contributed by atoms with Gasteiger partial charge in [0.1, 0.15) is 7.11 Å². The van der Waals surface area contributed by atoms with Crippen molar-refractivity contribution in [1.82, 2.24) is 0 Å². The van der Waals surface area contributed by atoms with Gasteiger partial charge in [0.15, 0.2) is 0 Å². The van der Waals surface area contributed by atoms with Crippen molar-refractivity contribution in [3.63, 3.8) is 0 Å². The third kappa shape index (κ3) is 2.76. The summed E-state index contributed by atoms with van der Waals surface area (Å²) in [6, 6.07) is 4.64. The summed E-state index contributed by atoms with van der Waals surface area (Å²) in [6.45, 7) is 0. The minimum absolute atomic E-state index is 0.555. The summed E-state index contributed by atoms with van der Waals surface area (Å²) in [5.41, 5.74) is -0.119. The molecule has 0 aliphatic carbocycles. The van der Waals surface area contributed by atoms with Gasteiger partial charge in [-0.2, -0.15) is 13.2 Å². The van der Waals surface area contributed by atoms with E-state index in [-0.39, 0.29) is 0 Å². The predicted molar refractivity (Wildman–Crippen MR) is 46.0 cm³/mol. The van der Waals surface area contributed by atoms with E-state index in [4.69, 9.17) is 0 Å². The van der Waals surface area contributed by atoms with Crippen LogP contribution >= 0.6 is 0 Å². The minimum atomic E-state index is -4.29. The van der Waals surface area contributed by atoms with Crippen molar-refractivity contribution >= 4 is 6.21 Å². The van der Waals surface area contributed by atoms with Gasteiger partial charge in [0.25, 0.3) is 0 Å². The number of oxime groups is 1. The number of halogens is 3. The van der Waals surface area contributed by atoms with Gasteiger partial charge in [-0.15, -0.1) is 0 Å². The Morgan fingerprint density at radius 2 is 1.79 bits per heavy atom. The van der Waals surface area contributed by atoms with Gasteiger partial charge in [0.05, 0.1) is 11.8 Å². The fraction of sp³-hybridized carbons (Fsp3) is 0.222. The highest BCUT2D eigenvalue weighted by Crippen LogP contribution is 2.28. The average Bonchev–Trinajstić information content (AvgIpc) is 2.14. The van der Waals surface area contributed by atoms with Crippen LogP contribution in [0.5, 0.6) is 0 Å². The van der Waals surface area contributed by atoms with Gasteiger partial charge >= 0.3 is 6.18 Å². The van der Waals surface area contributed by atoms with Crippen LogP contribution < -0.4 is 0 Å². The molecular weight excluding hydrogens is 195 g/mol. The van der Waals surface area contributed by atoms with E-state index < -0.39 is 11.7 Å². The van der Waals surface area contributed by atoms with E-state index >= 15 is 0 Å². The summed E-state index contributed by atoms with van der Waals surface area (Å²) in [7, 11) is 1.36. The molecule has 0 spiro atoms. The number of alkyl halides is 3. The van der Waals surface area contributed by atoms with E-state index in [2.05, 4.69) is 9.99 Å². The van der Waals surface area contributed by atoms with Crippen LogP contribution in [0.1, 0.15) is 11.1 Å². The van der Waals surface area contributed by atoms with Crippen molar-refractivity contribution in [2.24, 2.45) is 5.16 Å². The first-order valence-electron chi connectivity index (χ1n) is 3.78. The highest BCUT2D eigenvalue weighted by Gasteiger charge is 2.29. The Labute approximate surface area is 79.0 Å². The lowest BCUT2D eigenvalue weighted by atomic mass is 10.1. The molecule has 14 heavy (non-hydrogen) atoms. The van der Waals surface area contributed by atoms with Crippen molar-refractivity contribution in [1.29, 1.82) is 0 Å². The fourth-order valence-electron chi connectivity index (χ4n) is 0.872. The van der Waals surface area contributed by atoms with Gasteiger partial charge < -0.3 is 4.84 Å². The van der Waals surface area contributed by atoms with Crippen LogP contribution in [0.4, 0.5) is 13.2 Å². The summed E-state index contributed by atoms with van der Waals surface area (Å²) in [5, 5.41) is 3.43. The quantitative estimate of drug-likeness (QED) is 0.535. The predicted octanol–water partition coefficient (Wildman–Crippen LogP) is 2.69. The highest BCUT2D eigenvalue weighted by molar-refractivity contribution is 5.79. The smallest absolute Gasteiger partial charge is 0.399 e. The second-order valence-electron chi connectivity index (χ2n) is 2.54. The highest BCUT2D eigenvalue weighted by atomic mass is 19.4. The molecule has 0 bridgehead atoms. The number of hydrogen-bond acceptors (Lipinski definition) is 2. The van der Waals surface area contributed by atoms with Gasteiger partial charge in [-0.1, -0.05) is 17.3 Å². The van der Waals surface area contributed by atoms with E-state index in [1.165, 1.54) is 25.5 Å². The van der Waals surface area contributed by atoms with Crippen LogP contribution in [0, 0.1) is 0 Å². The molecule has 0 radical (unpaired) electrons. The zero-order valence-corrected chi connectivity index (χ0v) is 7.38. The van der Waals surface area contributed by atoms with Gasteiger partial charge in [-0.05, 0) is 17.7 Å². The summed E-state index contributed by atoms with van der Waals surface area (Å²) >= 11 is 0. The maximum Gasteiger partial charge on any atom is 0.416 e. The molecule has 0 heterocycles. The van der Waals surface area contributed by atoms with E-state index in [1.807, 2.05) is 0 Å². The number of rotatable bonds is 2. The third-order valence-corrected chi connectivity index (χ3v) is 1.55. The summed E-state index contributed by atoms with van der Waals surface area (Å²) in [5.74, 6) is 0. The Hall–Kier alpha value is -1.52. The number of hydrogen-bond donors (Lipinski definition) is 0. The summed E-state index contributed by atoms with van der Waals surface area (Å²) < 4.78 is 36.3. The maximum absolute atomic E-state index is 12.1. The molecule has 0 fully saturated rings. The van der Waals surface area contributed by atoms with Gasteiger partial charge in [-0.25, -0.2) is 0 Å². The first-order chi connectivity index (χ1) is 6.54. The van der Waals surface area contributed by atoms with Crippen molar-refractivity contribution in [2.75, 3.05) is 7.11 Å². The summed E-state index contributed by atoms with van der Waals surface area (Å²) in [6.07, 6.45) is -2.96. The average molecular weight is 203 g/mol. The molecule has 0 unspecified atom stereocenters. The Bertz CT molecular complexity index is 316. The van der Waals surface area contributed by atoms with Crippen LogP contribution in [-0.4, -0.2) is 13.3 Å². The van der Waals surface area contributed by atoms with Crippen molar-refractivity contribution < 1.29 is 18.0 Å². The van der Waals surface area contributed by atoms with Crippen LogP contribution in [0.15, 0.2) is 29.4 Å². The third-order valence-electron chi connectivity index (χ3n) is 1.55. The minimum Gasteiger partial charge on any atom is -0.399 e. The Balaban J connectivity index is 2.84. The van der Waals surface area contributed by atoms with Crippen LogP contribution in [0.3, 0.4) is 0 Å². The van der Waals surface area contributed by atoms with Crippen LogP contribution in [0.25, 0.3) is 0 Å². The Morgan fingerprint density at radius 3 is 2.21 bits per heavy atom. The standard InChI is InChI=1S/C9H8F3NO/c1-14-13-6-7-2-4-8(5-3-7)9(10,11)12/h2-6H,1H3/b13-6+. The molecule has 0 amide bonds. The van der Waals surface area contributed by atoms with Gasteiger partial charge in [-0.3, -0.25) is 0 Å². The Morgan fingerprint density at radius 1 is 1.21 bits per heavy atom. The monoisotopic (exact) mass is 203 g/mol. The maximum atomic E-state index is 12.1. The van der Waals surface area contributed by atoms with Crippen LogP contribution in [-0.2, 0) is 11.0 Å². The van der Waals surface area contributed by atoms with Crippen molar-refractivity contribution in [3.05, 3.63) is 35.4 Å². The molecular formula is C9H8F3NO.